The quantitative estimate of drug-likeness (QED) is 0.383. The van der Waals surface area contributed by atoms with Crippen LogP contribution in [0.15, 0.2) is 56.6 Å². The Hall–Kier alpha value is -2.99. The predicted octanol–water partition coefficient (Wildman–Crippen LogP) is 5.76. The van der Waals surface area contributed by atoms with Gasteiger partial charge in [0.2, 0.25) is 5.78 Å². The molecule has 1 N–H and O–H groups in total. The molecule has 1 aliphatic heterocycles. The molecule has 6 nitrogen and oxygen atoms in total. The molecule has 30 heavy (non-hydrogen) atoms. The predicted molar refractivity (Wildman–Crippen MR) is 113 cm³/mol. The topological polar surface area (TPSA) is 83.9 Å². The number of aryl methyl sites for hydroxylation is 1. The number of carbonyl (C=O) groups is 2. The molecule has 0 radical (unpaired) electrons. The molecule has 2 aromatic heterocycles. The summed E-state index contributed by atoms with van der Waals surface area (Å²) in [5.74, 6) is -0.566. The van der Waals surface area contributed by atoms with E-state index in [0.29, 0.717) is 34.1 Å². The summed E-state index contributed by atoms with van der Waals surface area (Å²) in [4.78, 5) is 27.7. The second-order valence-electron chi connectivity index (χ2n) is 7.44. The minimum atomic E-state index is -0.799. The van der Waals surface area contributed by atoms with Gasteiger partial charge in [0.15, 0.2) is 11.5 Å². The average Bonchev–Trinajstić information content (AvgIpc) is 3.39. The number of aliphatic hydroxyl groups excluding tert-OH is 1. The maximum absolute atomic E-state index is 13.4. The fraction of sp³-hybridized carbons (Fsp3) is 0.304. The van der Waals surface area contributed by atoms with Crippen LogP contribution in [0.2, 0.25) is 5.02 Å². The number of benzene rings is 1. The van der Waals surface area contributed by atoms with Crippen molar-refractivity contribution in [3.05, 3.63) is 70.0 Å². The number of furan rings is 2. The molecule has 0 saturated carbocycles. The summed E-state index contributed by atoms with van der Waals surface area (Å²) in [7, 11) is 0. The van der Waals surface area contributed by atoms with Crippen molar-refractivity contribution in [3.8, 4) is 0 Å². The molecule has 0 bridgehead atoms. The number of aliphatic hydroxyl groups is 1. The van der Waals surface area contributed by atoms with E-state index < -0.39 is 23.5 Å². The Labute approximate surface area is 178 Å². The third-order valence-corrected chi connectivity index (χ3v) is 5.52. The standard InChI is InChI=1S/C23H22ClNO5/c1-3-4-5-10-25-20(17-8-6-13(2)29-17)19(22(27)23(25)28)21(26)18-12-14-11-15(24)7-9-16(14)30-18/h6-9,11-12,20,27H,3-5,10H2,1-2H3. The monoisotopic (exact) mass is 427 g/mol. The van der Waals surface area contributed by atoms with E-state index in [9.17, 15) is 14.7 Å². The first-order valence-electron chi connectivity index (χ1n) is 9.95. The zero-order chi connectivity index (χ0) is 21.4. The molecule has 7 heteroatoms. The first kappa shape index (κ1) is 20.3. The van der Waals surface area contributed by atoms with Gasteiger partial charge in [-0.2, -0.15) is 0 Å². The third-order valence-electron chi connectivity index (χ3n) is 5.28. The number of fused-ring (bicyclic) bond motifs is 1. The maximum Gasteiger partial charge on any atom is 0.290 e. The lowest BCUT2D eigenvalue weighted by atomic mass is 9.99. The number of rotatable bonds is 7. The van der Waals surface area contributed by atoms with Crippen LogP contribution in [0.5, 0.6) is 0 Å². The molecule has 156 valence electrons. The zero-order valence-corrected chi connectivity index (χ0v) is 17.5. The van der Waals surface area contributed by atoms with E-state index in [4.69, 9.17) is 20.4 Å². The van der Waals surface area contributed by atoms with Crippen LogP contribution in [0.25, 0.3) is 11.0 Å². The van der Waals surface area contributed by atoms with E-state index in [1.165, 1.54) is 4.90 Å². The molecule has 4 rings (SSSR count). The van der Waals surface area contributed by atoms with Crippen LogP contribution in [0.3, 0.4) is 0 Å². The fourth-order valence-electron chi connectivity index (χ4n) is 3.80. The molecule has 1 aromatic carbocycles. The summed E-state index contributed by atoms with van der Waals surface area (Å²) in [5, 5.41) is 11.8. The van der Waals surface area contributed by atoms with E-state index in [2.05, 4.69) is 6.92 Å². The number of hydrogen-bond donors (Lipinski definition) is 1. The Morgan fingerprint density at radius 1 is 1.17 bits per heavy atom. The summed E-state index contributed by atoms with van der Waals surface area (Å²) < 4.78 is 11.4. The van der Waals surface area contributed by atoms with E-state index >= 15 is 0 Å². The first-order chi connectivity index (χ1) is 14.4. The van der Waals surface area contributed by atoms with Gasteiger partial charge in [-0.05, 0) is 49.7 Å². The van der Waals surface area contributed by atoms with Gasteiger partial charge in [0.05, 0.1) is 5.57 Å². The van der Waals surface area contributed by atoms with Crippen molar-refractivity contribution in [1.82, 2.24) is 4.90 Å². The van der Waals surface area contributed by atoms with Crippen molar-refractivity contribution in [2.75, 3.05) is 6.54 Å². The molecule has 1 unspecified atom stereocenters. The molecule has 0 fully saturated rings. The molecule has 3 aromatic rings. The van der Waals surface area contributed by atoms with Crippen molar-refractivity contribution in [2.45, 2.75) is 39.2 Å². The number of Topliss-reactive ketones (excluding diaryl/α,β-unsaturated/α-hetero) is 1. The second kappa shape index (κ2) is 8.03. The summed E-state index contributed by atoms with van der Waals surface area (Å²) in [5.41, 5.74) is 0.466. The van der Waals surface area contributed by atoms with Gasteiger partial charge in [-0.15, -0.1) is 0 Å². The highest BCUT2D eigenvalue weighted by atomic mass is 35.5. The Morgan fingerprint density at radius 2 is 1.97 bits per heavy atom. The SMILES string of the molecule is CCCCCN1C(=O)C(O)=C(C(=O)c2cc3cc(Cl)ccc3o2)C1c1ccc(C)o1. The smallest absolute Gasteiger partial charge is 0.290 e. The van der Waals surface area contributed by atoms with Crippen LogP contribution in [-0.4, -0.2) is 28.2 Å². The lowest BCUT2D eigenvalue weighted by Crippen LogP contribution is -2.31. The van der Waals surface area contributed by atoms with Crippen molar-refractivity contribution in [3.63, 3.8) is 0 Å². The minimum Gasteiger partial charge on any atom is -0.503 e. The lowest BCUT2D eigenvalue weighted by Gasteiger charge is -2.24. The van der Waals surface area contributed by atoms with E-state index in [1.807, 2.05) is 0 Å². The van der Waals surface area contributed by atoms with Gasteiger partial charge in [-0.25, -0.2) is 0 Å². The Balaban J connectivity index is 1.75. The van der Waals surface area contributed by atoms with Crippen LogP contribution >= 0.6 is 11.6 Å². The molecular weight excluding hydrogens is 406 g/mol. The van der Waals surface area contributed by atoms with E-state index in [1.54, 1.807) is 43.3 Å². The van der Waals surface area contributed by atoms with Gasteiger partial charge in [0, 0.05) is 17.0 Å². The molecule has 1 atom stereocenters. The van der Waals surface area contributed by atoms with Gasteiger partial charge in [-0.3, -0.25) is 9.59 Å². The van der Waals surface area contributed by atoms with Crippen LogP contribution in [-0.2, 0) is 4.79 Å². The second-order valence-corrected chi connectivity index (χ2v) is 7.88. The molecular formula is C23H22ClNO5. The van der Waals surface area contributed by atoms with Crippen molar-refractivity contribution in [2.24, 2.45) is 0 Å². The van der Waals surface area contributed by atoms with E-state index in [0.717, 1.165) is 19.3 Å². The largest absolute Gasteiger partial charge is 0.503 e. The Bertz CT molecular complexity index is 1160. The van der Waals surface area contributed by atoms with Crippen LogP contribution in [0.1, 0.15) is 54.3 Å². The normalized spacial score (nSPS) is 16.8. The van der Waals surface area contributed by atoms with Crippen LogP contribution in [0.4, 0.5) is 0 Å². The highest BCUT2D eigenvalue weighted by Gasteiger charge is 2.45. The number of halogens is 1. The van der Waals surface area contributed by atoms with Gasteiger partial charge in [0.25, 0.3) is 5.91 Å². The zero-order valence-electron chi connectivity index (χ0n) is 16.8. The molecule has 1 amide bonds. The van der Waals surface area contributed by atoms with Crippen molar-refractivity contribution < 1.29 is 23.5 Å². The van der Waals surface area contributed by atoms with E-state index in [-0.39, 0.29) is 11.3 Å². The molecule has 3 heterocycles. The minimum absolute atomic E-state index is 0.0315. The van der Waals surface area contributed by atoms with Crippen LogP contribution < -0.4 is 0 Å². The van der Waals surface area contributed by atoms with Gasteiger partial charge in [-0.1, -0.05) is 31.4 Å². The molecule has 0 saturated heterocycles. The van der Waals surface area contributed by atoms with Gasteiger partial charge in [0.1, 0.15) is 23.1 Å². The molecule has 0 aliphatic carbocycles. The summed E-state index contributed by atoms with van der Waals surface area (Å²) in [6, 6.07) is 9.30. The average molecular weight is 428 g/mol. The van der Waals surface area contributed by atoms with Crippen LogP contribution in [0, 0.1) is 6.92 Å². The number of amides is 1. The Morgan fingerprint density at radius 3 is 2.67 bits per heavy atom. The van der Waals surface area contributed by atoms with Crippen molar-refractivity contribution >= 4 is 34.3 Å². The number of hydrogen-bond acceptors (Lipinski definition) is 5. The number of nitrogens with zero attached hydrogens (tertiary/aromatic N) is 1. The lowest BCUT2D eigenvalue weighted by molar-refractivity contribution is -0.129. The van der Waals surface area contributed by atoms with Crippen molar-refractivity contribution in [1.29, 1.82) is 0 Å². The summed E-state index contributed by atoms with van der Waals surface area (Å²) in [6.07, 6.45) is 2.68. The summed E-state index contributed by atoms with van der Waals surface area (Å²) >= 11 is 6.02. The number of unbranched alkanes of at least 4 members (excludes halogenated alkanes) is 2. The maximum atomic E-state index is 13.4. The van der Waals surface area contributed by atoms with Gasteiger partial charge < -0.3 is 18.8 Å². The Kier molecular flexibility index (Phi) is 5.43. The fourth-order valence-corrected chi connectivity index (χ4v) is 3.98. The van der Waals surface area contributed by atoms with Gasteiger partial charge >= 0.3 is 0 Å². The number of carbonyl (C=O) groups excluding carboxylic acids is 2. The third kappa shape index (κ3) is 3.52. The highest BCUT2D eigenvalue weighted by Crippen LogP contribution is 2.40. The highest BCUT2D eigenvalue weighted by molar-refractivity contribution is 6.31. The first-order valence-corrected chi connectivity index (χ1v) is 10.3. The molecule has 0 spiro atoms. The number of ketones is 1. The molecule has 1 aliphatic rings. The summed E-state index contributed by atoms with van der Waals surface area (Å²) in [6.45, 7) is 4.26.